The van der Waals surface area contributed by atoms with E-state index in [4.69, 9.17) is 0 Å². The number of nitrogens with one attached hydrogen (secondary N) is 1. The fourth-order valence-electron chi connectivity index (χ4n) is 2.75. The molecule has 1 atom stereocenters. The van der Waals surface area contributed by atoms with Crippen LogP contribution in [0.3, 0.4) is 0 Å². The molecule has 1 unspecified atom stereocenters. The third kappa shape index (κ3) is 3.79. The normalized spacial score (nSPS) is 18.8. The van der Waals surface area contributed by atoms with Gasteiger partial charge < -0.3 is 5.32 Å². The number of benzene rings is 1. The van der Waals surface area contributed by atoms with Crippen molar-refractivity contribution in [2.45, 2.75) is 51.6 Å². The van der Waals surface area contributed by atoms with E-state index in [9.17, 15) is 4.39 Å². The summed E-state index contributed by atoms with van der Waals surface area (Å²) in [5, 5.41) is 3.48. The molecule has 0 heterocycles. The van der Waals surface area contributed by atoms with Crippen LogP contribution < -0.4 is 5.32 Å². The Kier molecular flexibility index (Phi) is 5.19. The van der Waals surface area contributed by atoms with E-state index in [1.54, 1.807) is 6.07 Å². The van der Waals surface area contributed by atoms with Gasteiger partial charge in [0.25, 0.3) is 0 Å². The predicted molar refractivity (Wildman–Crippen MR) is 77.0 cm³/mol. The molecule has 1 fully saturated rings. The summed E-state index contributed by atoms with van der Waals surface area (Å²) in [6.07, 6.45) is 6.71. The first-order valence-corrected chi connectivity index (χ1v) is 7.63. The molecule has 1 aromatic rings. The lowest BCUT2D eigenvalue weighted by Gasteiger charge is -2.28. The fourth-order valence-corrected chi connectivity index (χ4v) is 3.16. The van der Waals surface area contributed by atoms with Gasteiger partial charge in [0, 0.05) is 22.6 Å². The second-order valence-corrected chi connectivity index (χ2v) is 6.22. The van der Waals surface area contributed by atoms with Crippen molar-refractivity contribution in [3.63, 3.8) is 0 Å². The fraction of sp³-hybridized carbons (Fsp3) is 0.600. The SMILES string of the molecule is CC(NCc1cc(Br)ccc1F)C1CCCCC1. The Labute approximate surface area is 117 Å². The van der Waals surface area contributed by atoms with Crippen molar-refractivity contribution in [1.29, 1.82) is 0 Å². The zero-order valence-electron chi connectivity index (χ0n) is 10.9. The van der Waals surface area contributed by atoms with Crippen molar-refractivity contribution < 1.29 is 4.39 Å². The molecule has 3 heteroatoms. The van der Waals surface area contributed by atoms with Gasteiger partial charge in [-0.15, -0.1) is 0 Å². The molecule has 1 nitrogen and oxygen atoms in total. The molecule has 1 aliphatic carbocycles. The first-order valence-electron chi connectivity index (χ1n) is 6.84. The van der Waals surface area contributed by atoms with Crippen molar-refractivity contribution in [3.8, 4) is 0 Å². The van der Waals surface area contributed by atoms with E-state index < -0.39 is 0 Å². The zero-order chi connectivity index (χ0) is 13.0. The monoisotopic (exact) mass is 313 g/mol. The van der Waals surface area contributed by atoms with Gasteiger partial charge >= 0.3 is 0 Å². The minimum atomic E-state index is -0.124. The molecule has 1 saturated carbocycles. The lowest BCUT2D eigenvalue weighted by atomic mass is 9.84. The molecule has 0 amide bonds. The highest BCUT2D eigenvalue weighted by atomic mass is 79.9. The molecule has 1 N–H and O–H groups in total. The highest BCUT2D eigenvalue weighted by molar-refractivity contribution is 9.10. The average molecular weight is 314 g/mol. The molecule has 0 spiro atoms. The Morgan fingerprint density at radius 1 is 1.33 bits per heavy atom. The Balaban J connectivity index is 1.88. The summed E-state index contributed by atoms with van der Waals surface area (Å²) in [6, 6.07) is 5.59. The summed E-state index contributed by atoms with van der Waals surface area (Å²) in [4.78, 5) is 0. The molecular formula is C15H21BrFN. The molecule has 1 aromatic carbocycles. The molecule has 0 aromatic heterocycles. The van der Waals surface area contributed by atoms with E-state index in [-0.39, 0.29) is 5.82 Å². The maximum atomic E-state index is 13.6. The van der Waals surface area contributed by atoms with Crippen LogP contribution in [0.4, 0.5) is 4.39 Å². The second kappa shape index (κ2) is 6.67. The summed E-state index contributed by atoms with van der Waals surface area (Å²) in [5.41, 5.74) is 0.743. The third-order valence-corrected chi connectivity index (χ3v) is 4.47. The zero-order valence-corrected chi connectivity index (χ0v) is 12.5. The van der Waals surface area contributed by atoms with Gasteiger partial charge in [0.15, 0.2) is 0 Å². The largest absolute Gasteiger partial charge is 0.310 e. The molecule has 0 saturated heterocycles. The summed E-state index contributed by atoms with van der Waals surface area (Å²) >= 11 is 3.39. The molecule has 2 rings (SSSR count). The summed E-state index contributed by atoms with van der Waals surface area (Å²) in [7, 11) is 0. The van der Waals surface area contributed by atoms with Gasteiger partial charge in [-0.3, -0.25) is 0 Å². The number of hydrogen-bond donors (Lipinski definition) is 1. The van der Waals surface area contributed by atoms with Crippen LogP contribution in [0.2, 0.25) is 0 Å². The van der Waals surface area contributed by atoms with Crippen LogP contribution in [0.25, 0.3) is 0 Å². The first-order chi connectivity index (χ1) is 8.66. The van der Waals surface area contributed by atoms with Crippen molar-refractivity contribution in [2.24, 2.45) is 5.92 Å². The Hall–Kier alpha value is -0.410. The van der Waals surface area contributed by atoms with Crippen LogP contribution in [0.5, 0.6) is 0 Å². The molecule has 100 valence electrons. The quantitative estimate of drug-likeness (QED) is 0.853. The Bertz CT molecular complexity index is 388. The van der Waals surface area contributed by atoms with Crippen molar-refractivity contribution >= 4 is 15.9 Å². The van der Waals surface area contributed by atoms with Gasteiger partial charge in [-0.05, 0) is 43.9 Å². The predicted octanol–water partition coefficient (Wildman–Crippen LogP) is 4.65. The van der Waals surface area contributed by atoms with E-state index in [1.807, 2.05) is 6.07 Å². The summed E-state index contributed by atoms with van der Waals surface area (Å²) in [5.74, 6) is 0.635. The highest BCUT2D eigenvalue weighted by Gasteiger charge is 2.19. The van der Waals surface area contributed by atoms with E-state index in [0.717, 1.165) is 16.0 Å². The van der Waals surface area contributed by atoms with E-state index in [2.05, 4.69) is 28.2 Å². The Morgan fingerprint density at radius 3 is 2.78 bits per heavy atom. The summed E-state index contributed by atoms with van der Waals surface area (Å²) < 4.78 is 14.5. The van der Waals surface area contributed by atoms with Gasteiger partial charge in [-0.1, -0.05) is 35.2 Å². The molecule has 0 radical (unpaired) electrons. The van der Waals surface area contributed by atoms with E-state index >= 15 is 0 Å². The van der Waals surface area contributed by atoms with Crippen molar-refractivity contribution in [1.82, 2.24) is 5.32 Å². The minimum Gasteiger partial charge on any atom is -0.310 e. The average Bonchev–Trinajstić information content (AvgIpc) is 2.40. The van der Waals surface area contributed by atoms with Crippen LogP contribution in [-0.2, 0) is 6.54 Å². The van der Waals surface area contributed by atoms with Gasteiger partial charge in [0.1, 0.15) is 5.82 Å². The maximum Gasteiger partial charge on any atom is 0.127 e. The smallest absolute Gasteiger partial charge is 0.127 e. The van der Waals surface area contributed by atoms with Crippen molar-refractivity contribution in [3.05, 3.63) is 34.1 Å². The van der Waals surface area contributed by atoms with Gasteiger partial charge in [-0.25, -0.2) is 4.39 Å². The lowest BCUT2D eigenvalue weighted by Crippen LogP contribution is -2.34. The van der Waals surface area contributed by atoms with Crippen LogP contribution >= 0.6 is 15.9 Å². The van der Waals surface area contributed by atoms with Gasteiger partial charge in [-0.2, -0.15) is 0 Å². The highest BCUT2D eigenvalue weighted by Crippen LogP contribution is 2.26. The molecule has 0 bridgehead atoms. The van der Waals surface area contributed by atoms with Crippen LogP contribution in [0.15, 0.2) is 22.7 Å². The summed E-state index contributed by atoms with van der Waals surface area (Å²) in [6.45, 7) is 2.84. The van der Waals surface area contributed by atoms with Crippen LogP contribution in [-0.4, -0.2) is 6.04 Å². The number of hydrogen-bond acceptors (Lipinski definition) is 1. The lowest BCUT2D eigenvalue weighted by molar-refractivity contribution is 0.280. The number of rotatable bonds is 4. The molecule has 18 heavy (non-hydrogen) atoms. The molecule has 0 aliphatic heterocycles. The van der Waals surface area contributed by atoms with E-state index in [1.165, 1.54) is 38.2 Å². The minimum absolute atomic E-state index is 0.124. The van der Waals surface area contributed by atoms with Gasteiger partial charge in [0.2, 0.25) is 0 Å². The first kappa shape index (κ1) is 14.0. The van der Waals surface area contributed by atoms with Crippen LogP contribution in [0.1, 0.15) is 44.6 Å². The van der Waals surface area contributed by atoms with Crippen LogP contribution in [0, 0.1) is 11.7 Å². The van der Waals surface area contributed by atoms with Gasteiger partial charge in [0.05, 0.1) is 0 Å². The Morgan fingerprint density at radius 2 is 2.06 bits per heavy atom. The third-order valence-electron chi connectivity index (χ3n) is 3.98. The second-order valence-electron chi connectivity index (χ2n) is 5.30. The molecular weight excluding hydrogens is 293 g/mol. The maximum absolute atomic E-state index is 13.6. The number of halogens is 2. The van der Waals surface area contributed by atoms with E-state index in [0.29, 0.717) is 12.6 Å². The van der Waals surface area contributed by atoms with Crippen molar-refractivity contribution in [2.75, 3.05) is 0 Å². The topological polar surface area (TPSA) is 12.0 Å². The molecule has 1 aliphatic rings. The standard InChI is InChI=1S/C15H21BrFN/c1-11(12-5-3-2-4-6-12)18-10-13-9-14(16)7-8-15(13)17/h7-9,11-12,18H,2-6,10H2,1H3.